The second-order valence-corrected chi connectivity index (χ2v) is 5.75. The van der Waals surface area contributed by atoms with Crippen molar-refractivity contribution < 1.29 is 9.59 Å². The van der Waals surface area contributed by atoms with E-state index in [0.29, 0.717) is 16.8 Å². The largest absolute Gasteiger partial charge is 0.398 e. The summed E-state index contributed by atoms with van der Waals surface area (Å²) >= 11 is 0. The Kier molecular flexibility index (Phi) is 3.47. The summed E-state index contributed by atoms with van der Waals surface area (Å²) in [5.41, 5.74) is 7.16. The number of rotatable bonds is 1. The van der Waals surface area contributed by atoms with Crippen LogP contribution in [0.25, 0.3) is 0 Å². The van der Waals surface area contributed by atoms with Crippen molar-refractivity contribution in [1.82, 2.24) is 4.90 Å². The molecule has 1 aromatic carbocycles. The lowest BCUT2D eigenvalue weighted by Gasteiger charge is -2.27. The third-order valence-corrected chi connectivity index (χ3v) is 4.42. The molecule has 0 radical (unpaired) electrons. The van der Waals surface area contributed by atoms with Gasteiger partial charge in [-0.05, 0) is 25.0 Å². The molecule has 2 amide bonds. The molecule has 4 heteroatoms. The maximum absolute atomic E-state index is 12.6. The molecule has 1 saturated carbocycles. The van der Waals surface area contributed by atoms with Gasteiger partial charge in [0.2, 0.25) is 0 Å². The Balaban J connectivity index is 1.90. The van der Waals surface area contributed by atoms with Gasteiger partial charge in [-0.2, -0.15) is 0 Å². The standard InChI is InChI=1S/C16H20N2O2/c17-13-10-6-9-12-14(13)16(20)18(15(12)19)11-7-4-2-1-3-5-8-11/h6,9-11H,1-5,7-8,17H2. The van der Waals surface area contributed by atoms with Crippen LogP contribution < -0.4 is 5.73 Å². The van der Waals surface area contributed by atoms with Crippen LogP contribution in [0.15, 0.2) is 18.2 Å². The normalized spacial score (nSPS) is 20.7. The molecule has 106 valence electrons. The molecule has 3 rings (SSSR count). The van der Waals surface area contributed by atoms with Crippen LogP contribution in [0.5, 0.6) is 0 Å². The molecule has 0 saturated heterocycles. The molecule has 2 N–H and O–H groups in total. The van der Waals surface area contributed by atoms with Gasteiger partial charge in [0.15, 0.2) is 0 Å². The van der Waals surface area contributed by atoms with Gasteiger partial charge in [-0.1, -0.05) is 38.2 Å². The summed E-state index contributed by atoms with van der Waals surface area (Å²) in [6.07, 6.45) is 7.68. The maximum Gasteiger partial charge on any atom is 0.263 e. The first-order chi connectivity index (χ1) is 9.70. The molecule has 1 aliphatic carbocycles. The smallest absolute Gasteiger partial charge is 0.263 e. The van der Waals surface area contributed by atoms with Gasteiger partial charge in [0.25, 0.3) is 11.8 Å². The molecule has 1 aromatic rings. The van der Waals surface area contributed by atoms with Crippen LogP contribution in [0.3, 0.4) is 0 Å². The van der Waals surface area contributed by atoms with Gasteiger partial charge in [0.05, 0.1) is 11.1 Å². The Labute approximate surface area is 118 Å². The van der Waals surface area contributed by atoms with E-state index in [1.54, 1.807) is 18.2 Å². The third kappa shape index (κ3) is 2.09. The van der Waals surface area contributed by atoms with E-state index in [-0.39, 0.29) is 17.9 Å². The predicted molar refractivity (Wildman–Crippen MR) is 77.5 cm³/mol. The number of fused-ring (bicyclic) bond motifs is 1. The van der Waals surface area contributed by atoms with Crippen LogP contribution in [0.2, 0.25) is 0 Å². The van der Waals surface area contributed by atoms with E-state index >= 15 is 0 Å². The lowest BCUT2D eigenvalue weighted by Crippen LogP contribution is -2.40. The zero-order valence-corrected chi connectivity index (χ0v) is 11.6. The minimum absolute atomic E-state index is 0.0436. The number of nitrogen functional groups attached to an aromatic ring is 1. The molecule has 20 heavy (non-hydrogen) atoms. The Bertz CT molecular complexity index is 545. The molecule has 1 aliphatic heterocycles. The van der Waals surface area contributed by atoms with Crippen LogP contribution in [-0.4, -0.2) is 22.8 Å². The number of hydrogen-bond donors (Lipinski definition) is 1. The lowest BCUT2D eigenvalue weighted by atomic mass is 9.95. The first-order valence-corrected chi connectivity index (χ1v) is 7.46. The van der Waals surface area contributed by atoms with Crippen molar-refractivity contribution in [1.29, 1.82) is 0 Å². The Morgan fingerprint density at radius 3 is 2.25 bits per heavy atom. The van der Waals surface area contributed by atoms with E-state index in [0.717, 1.165) is 25.7 Å². The predicted octanol–water partition coefficient (Wildman–Crippen LogP) is 2.98. The number of carbonyl (C=O) groups is 2. The van der Waals surface area contributed by atoms with Crippen molar-refractivity contribution in [2.24, 2.45) is 0 Å². The number of benzene rings is 1. The van der Waals surface area contributed by atoms with Crippen LogP contribution >= 0.6 is 0 Å². The number of hydrogen-bond acceptors (Lipinski definition) is 3. The fourth-order valence-corrected chi connectivity index (χ4v) is 3.35. The second kappa shape index (κ2) is 5.27. The molecular formula is C16H20N2O2. The van der Waals surface area contributed by atoms with Crippen molar-refractivity contribution >= 4 is 17.5 Å². The van der Waals surface area contributed by atoms with E-state index in [2.05, 4.69) is 0 Å². The third-order valence-electron chi connectivity index (χ3n) is 4.42. The molecule has 2 aliphatic rings. The first kappa shape index (κ1) is 13.2. The average Bonchev–Trinajstić information content (AvgIpc) is 2.64. The minimum Gasteiger partial charge on any atom is -0.398 e. The maximum atomic E-state index is 12.6. The number of nitrogens with two attached hydrogens (primary N) is 1. The summed E-state index contributed by atoms with van der Waals surface area (Å²) in [5.74, 6) is -0.364. The van der Waals surface area contributed by atoms with E-state index in [1.165, 1.54) is 24.2 Å². The van der Waals surface area contributed by atoms with E-state index in [9.17, 15) is 9.59 Å². The second-order valence-electron chi connectivity index (χ2n) is 5.75. The van der Waals surface area contributed by atoms with E-state index < -0.39 is 0 Å². The monoisotopic (exact) mass is 272 g/mol. The molecule has 1 fully saturated rings. The van der Waals surface area contributed by atoms with Gasteiger partial charge >= 0.3 is 0 Å². The molecular weight excluding hydrogens is 252 g/mol. The summed E-state index contributed by atoms with van der Waals surface area (Å²) in [6.45, 7) is 0. The van der Waals surface area contributed by atoms with Gasteiger partial charge < -0.3 is 5.73 Å². The average molecular weight is 272 g/mol. The molecule has 0 unspecified atom stereocenters. The van der Waals surface area contributed by atoms with Gasteiger partial charge in [-0.15, -0.1) is 0 Å². The van der Waals surface area contributed by atoms with Crippen molar-refractivity contribution in [2.45, 2.75) is 51.0 Å². The quantitative estimate of drug-likeness (QED) is 0.631. The summed E-state index contributed by atoms with van der Waals surface area (Å²) < 4.78 is 0. The van der Waals surface area contributed by atoms with Crippen molar-refractivity contribution in [3.8, 4) is 0 Å². The fraction of sp³-hybridized carbons (Fsp3) is 0.500. The van der Waals surface area contributed by atoms with Crippen molar-refractivity contribution in [3.05, 3.63) is 29.3 Å². The molecule has 0 bridgehead atoms. The van der Waals surface area contributed by atoms with Gasteiger partial charge in [-0.25, -0.2) is 0 Å². The molecule has 4 nitrogen and oxygen atoms in total. The number of nitrogens with zero attached hydrogens (tertiary/aromatic N) is 1. The molecule has 0 atom stereocenters. The van der Waals surface area contributed by atoms with Crippen LogP contribution in [-0.2, 0) is 0 Å². The van der Waals surface area contributed by atoms with Crippen LogP contribution in [0.1, 0.15) is 65.7 Å². The highest BCUT2D eigenvalue weighted by atomic mass is 16.2. The summed E-state index contributed by atoms with van der Waals surface area (Å²) in [6, 6.07) is 5.17. The van der Waals surface area contributed by atoms with Gasteiger partial charge in [0, 0.05) is 11.7 Å². The number of carbonyl (C=O) groups excluding carboxylic acids is 2. The number of amides is 2. The van der Waals surface area contributed by atoms with Crippen molar-refractivity contribution in [3.63, 3.8) is 0 Å². The highest BCUT2D eigenvalue weighted by molar-refractivity contribution is 6.23. The summed E-state index contributed by atoms with van der Waals surface area (Å²) in [4.78, 5) is 26.5. The zero-order valence-electron chi connectivity index (χ0n) is 11.6. The van der Waals surface area contributed by atoms with Gasteiger partial charge in [-0.3, -0.25) is 14.5 Å². The zero-order chi connectivity index (χ0) is 14.1. The molecule has 0 spiro atoms. The molecule has 0 aromatic heterocycles. The Morgan fingerprint density at radius 2 is 1.60 bits per heavy atom. The highest BCUT2D eigenvalue weighted by Crippen LogP contribution is 2.32. The first-order valence-electron chi connectivity index (χ1n) is 7.46. The minimum atomic E-state index is -0.200. The number of anilines is 1. The van der Waals surface area contributed by atoms with Crippen LogP contribution in [0.4, 0.5) is 5.69 Å². The Morgan fingerprint density at radius 1 is 0.950 bits per heavy atom. The SMILES string of the molecule is Nc1cccc2c1C(=O)N(C1CCCCCCC1)C2=O. The fourth-order valence-electron chi connectivity index (χ4n) is 3.35. The highest BCUT2D eigenvalue weighted by Gasteiger charge is 2.40. The summed E-state index contributed by atoms with van der Waals surface area (Å²) in [5, 5.41) is 0. The van der Waals surface area contributed by atoms with Crippen molar-refractivity contribution in [2.75, 3.05) is 5.73 Å². The molecule has 1 heterocycles. The summed E-state index contributed by atoms with van der Waals surface area (Å²) in [7, 11) is 0. The lowest BCUT2D eigenvalue weighted by molar-refractivity contribution is 0.0559. The van der Waals surface area contributed by atoms with Crippen LogP contribution in [0, 0.1) is 0 Å². The van der Waals surface area contributed by atoms with E-state index in [4.69, 9.17) is 5.73 Å². The van der Waals surface area contributed by atoms with Gasteiger partial charge in [0.1, 0.15) is 0 Å². The van der Waals surface area contributed by atoms with E-state index in [1.807, 2.05) is 0 Å². The Hall–Kier alpha value is -1.84. The number of imide groups is 1. The topological polar surface area (TPSA) is 63.4 Å².